The van der Waals surface area contributed by atoms with Crippen LogP contribution in [0.3, 0.4) is 0 Å². The van der Waals surface area contributed by atoms with E-state index in [1.807, 2.05) is 39.8 Å². The number of nitrogens with zero attached hydrogens (tertiary/aromatic N) is 1. The third kappa shape index (κ3) is 3.98. The summed E-state index contributed by atoms with van der Waals surface area (Å²) in [5, 5.41) is 9.87. The molecule has 0 aliphatic heterocycles. The lowest BCUT2D eigenvalue weighted by molar-refractivity contribution is 0.00486. The van der Waals surface area contributed by atoms with Crippen LogP contribution in [0.5, 0.6) is 0 Å². The molecule has 0 spiro atoms. The zero-order chi connectivity index (χ0) is 11.4. The van der Waals surface area contributed by atoms with Crippen LogP contribution in [0.2, 0.25) is 0 Å². The van der Waals surface area contributed by atoms with Gasteiger partial charge in [0.1, 0.15) is 6.10 Å². The number of pyridine rings is 1. The van der Waals surface area contributed by atoms with Crippen molar-refractivity contribution in [2.75, 3.05) is 6.61 Å². The van der Waals surface area contributed by atoms with E-state index in [-0.39, 0.29) is 6.10 Å². The Morgan fingerprint density at radius 2 is 1.80 bits per heavy atom. The molecule has 0 bridgehead atoms. The van der Waals surface area contributed by atoms with Gasteiger partial charge in [0.05, 0.1) is 12.7 Å². The minimum atomic E-state index is -0.562. The van der Waals surface area contributed by atoms with Crippen LogP contribution in [-0.4, -0.2) is 22.8 Å². The summed E-state index contributed by atoms with van der Waals surface area (Å²) < 4.78 is 5.37. The quantitative estimate of drug-likeness (QED) is 0.826. The molecule has 0 fully saturated rings. The number of ether oxygens (including phenoxy) is 1. The van der Waals surface area contributed by atoms with Gasteiger partial charge in [-0.25, -0.2) is 0 Å². The van der Waals surface area contributed by atoms with Gasteiger partial charge in [0.25, 0.3) is 0 Å². The summed E-state index contributed by atoms with van der Waals surface area (Å²) in [6, 6.07) is 3.78. The molecule has 3 nitrogen and oxygen atoms in total. The summed E-state index contributed by atoms with van der Waals surface area (Å²) in [5.41, 5.74) is 2.72. The average Bonchev–Trinajstić information content (AvgIpc) is 2.12. The van der Waals surface area contributed by atoms with E-state index in [9.17, 15) is 5.11 Å². The van der Waals surface area contributed by atoms with Crippen LogP contribution in [-0.2, 0) is 4.74 Å². The van der Waals surface area contributed by atoms with Gasteiger partial charge >= 0.3 is 0 Å². The third-order valence-corrected chi connectivity index (χ3v) is 2.08. The highest BCUT2D eigenvalue weighted by molar-refractivity contribution is 5.22. The monoisotopic (exact) mass is 209 g/mol. The molecule has 0 radical (unpaired) electrons. The van der Waals surface area contributed by atoms with Crippen molar-refractivity contribution in [3.05, 3.63) is 29.1 Å². The highest BCUT2D eigenvalue weighted by atomic mass is 16.5. The molecular weight excluding hydrogens is 190 g/mol. The van der Waals surface area contributed by atoms with Crippen molar-refractivity contribution < 1.29 is 9.84 Å². The third-order valence-electron chi connectivity index (χ3n) is 2.08. The van der Waals surface area contributed by atoms with Gasteiger partial charge in [-0.1, -0.05) is 0 Å². The standard InChI is InChI=1S/C12H19NO2/c1-8(2)15-7-12(14)11-5-9(3)13-10(4)6-11/h5-6,8,12,14H,7H2,1-4H3. The minimum Gasteiger partial charge on any atom is -0.386 e. The molecule has 84 valence electrons. The normalized spacial score (nSPS) is 13.2. The Balaban J connectivity index is 2.68. The Labute approximate surface area is 91.1 Å². The Kier molecular flexibility index (Phi) is 4.24. The first-order valence-electron chi connectivity index (χ1n) is 5.24. The Morgan fingerprint density at radius 1 is 1.27 bits per heavy atom. The molecule has 0 aliphatic rings. The largest absolute Gasteiger partial charge is 0.386 e. The van der Waals surface area contributed by atoms with E-state index in [1.54, 1.807) is 0 Å². The number of aryl methyl sites for hydroxylation is 2. The molecule has 0 aliphatic carbocycles. The molecular formula is C12H19NO2. The summed E-state index contributed by atoms with van der Waals surface area (Å²) in [7, 11) is 0. The summed E-state index contributed by atoms with van der Waals surface area (Å²) in [6.45, 7) is 8.09. The Hall–Kier alpha value is -0.930. The average molecular weight is 209 g/mol. The van der Waals surface area contributed by atoms with Crippen LogP contribution in [0.1, 0.15) is 36.9 Å². The first-order chi connectivity index (χ1) is 6.99. The Morgan fingerprint density at radius 3 is 2.27 bits per heavy atom. The van der Waals surface area contributed by atoms with Crippen LogP contribution < -0.4 is 0 Å². The number of aliphatic hydroxyl groups excluding tert-OH is 1. The van der Waals surface area contributed by atoms with E-state index >= 15 is 0 Å². The molecule has 1 atom stereocenters. The number of aliphatic hydroxyl groups is 1. The molecule has 1 N–H and O–H groups in total. The zero-order valence-electron chi connectivity index (χ0n) is 9.82. The maximum absolute atomic E-state index is 9.87. The number of hydrogen-bond donors (Lipinski definition) is 1. The summed E-state index contributed by atoms with van der Waals surface area (Å²) in [6.07, 6.45) is -0.420. The topological polar surface area (TPSA) is 42.4 Å². The molecule has 1 aromatic rings. The van der Waals surface area contributed by atoms with Gasteiger partial charge in [0.2, 0.25) is 0 Å². The van der Waals surface area contributed by atoms with Gasteiger partial charge in [0.15, 0.2) is 0 Å². The zero-order valence-corrected chi connectivity index (χ0v) is 9.82. The predicted molar refractivity (Wildman–Crippen MR) is 59.8 cm³/mol. The molecule has 1 rings (SSSR count). The molecule has 0 aromatic carbocycles. The molecule has 0 amide bonds. The molecule has 15 heavy (non-hydrogen) atoms. The molecule has 1 heterocycles. The summed E-state index contributed by atoms with van der Waals surface area (Å²) in [4.78, 5) is 4.26. The first kappa shape index (κ1) is 12.1. The lowest BCUT2D eigenvalue weighted by Crippen LogP contribution is -2.12. The highest BCUT2D eigenvalue weighted by Crippen LogP contribution is 2.15. The van der Waals surface area contributed by atoms with Gasteiger partial charge in [-0.05, 0) is 45.4 Å². The van der Waals surface area contributed by atoms with Crippen molar-refractivity contribution >= 4 is 0 Å². The van der Waals surface area contributed by atoms with Crippen LogP contribution in [0.15, 0.2) is 12.1 Å². The summed E-state index contributed by atoms with van der Waals surface area (Å²) in [5.74, 6) is 0. The SMILES string of the molecule is Cc1cc(C(O)COC(C)C)cc(C)n1. The molecule has 1 unspecified atom stereocenters. The van der Waals surface area contributed by atoms with Gasteiger partial charge in [-0.15, -0.1) is 0 Å². The van der Waals surface area contributed by atoms with Crippen LogP contribution in [0.25, 0.3) is 0 Å². The number of rotatable bonds is 4. The van der Waals surface area contributed by atoms with Gasteiger partial charge < -0.3 is 9.84 Å². The molecule has 1 aromatic heterocycles. The van der Waals surface area contributed by atoms with Crippen LogP contribution >= 0.6 is 0 Å². The van der Waals surface area contributed by atoms with Crippen LogP contribution in [0.4, 0.5) is 0 Å². The second-order valence-electron chi connectivity index (χ2n) is 4.08. The number of aromatic nitrogens is 1. The second kappa shape index (κ2) is 5.24. The maximum atomic E-state index is 9.87. The molecule has 3 heteroatoms. The number of hydrogen-bond acceptors (Lipinski definition) is 3. The van der Waals surface area contributed by atoms with Gasteiger partial charge in [0, 0.05) is 11.4 Å². The van der Waals surface area contributed by atoms with Crippen LogP contribution in [0, 0.1) is 13.8 Å². The summed E-state index contributed by atoms with van der Waals surface area (Å²) >= 11 is 0. The fraction of sp³-hybridized carbons (Fsp3) is 0.583. The van der Waals surface area contributed by atoms with E-state index in [4.69, 9.17) is 4.74 Å². The fourth-order valence-corrected chi connectivity index (χ4v) is 1.44. The highest BCUT2D eigenvalue weighted by Gasteiger charge is 2.09. The van der Waals surface area contributed by atoms with E-state index in [0.29, 0.717) is 6.61 Å². The van der Waals surface area contributed by atoms with E-state index in [2.05, 4.69) is 4.98 Å². The van der Waals surface area contributed by atoms with Crippen molar-refractivity contribution in [2.45, 2.75) is 39.9 Å². The first-order valence-corrected chi connectivity index (χ1v) is 5.24. The van der Waals surface area contributed by atoms with Crippen molar-refractivity contribution in [3.8, 4) is 0 Å². The van der Waals surface area contributed by atoms with Crippen molar-refractivity contribution in [2.24, 2.45) is 0 Å². The lowest BCUT2D eigenvalue weighted by Gasteiger charge is -2.14. The van der Waals surface area contributed by atoms with Crippen molar-refractivity contribution in [1.29, 1.82) is 0 Å². The fourth-order valence-electron chi connectivity index (χ4n) is 1.44. The lowest BCUT2D eigenvalue weighted by atomic mass is 10.1. The minimum absolute atomic E-state index is 0.142. The van der Waals surface area contributed by atoms with Gasteiger partial charge in [-0.3, -0.25) is 4.98 Å². The predicted octanol–water partition coefficient (Wildman–Crippen LogP) is 2.16. The van der Waals surface area contributed by atoms with E-state index < -0.39 is 6.10 Å². The van der Waals surface area contributed by atoms with Crippen molar-refractivity contribution in [1.82, 2.24) is 4.98 Å². The second-order valence-corrected chi connectivity index (χ2v) is 4.08. The van der Waals surface area contributed by atoms with E-state index in [1.165, 1.54) is 0 Å². The van der Waals surface area contributed by atoms with E-state index in [0.717, 1.165) is 17.0 Å². The van der Waals surface area contributed by atoms with Gasteiger partial charge in [-0.2, -0.15) is 0 Å². The Bertz CT molecular complexity index is 303. The maximum Gasteiger partial charge on any atom is 0.102 e. The smallest absolute Gasteiger partial charge is 0.102 e. The molecule has 0 saturated heterocycles. The molecule has 0 saturated carbocycles. The van der Waals surface area contributed by atoms with Crippen molar-refractivity contribution in [3.63, 3.8) is 0 Å².